The molecule has 5 unspecified atom stereocenters. The fourth-order valence-corrected chi connectivity index (χ4v) is 6.14. The van der Waals surface area contributed by atoms with Crippen molar-refractivity contribution in [2.45, 2.75) is 89.6 Å². The van der Waals surface area contributed by atoms with Crippen LogP contribution in [0.3, 0.4) is 0 Å². The molecule has 2 fully saturated rings. The van der Waals surface area contributed by atoms with Gasteiger partial charge in [0.05, 0.1) is 12.0 Å². The molecule has 0 amide bonds. The van der Waals surface area contributed by atoms with E-state index in [0.717, 1.165) is 23.5 Å². The Labute approximate surface area is 136 Å². The fourth-order valence-electron chi connectivity index (χ4n) is 4.17. The lowest BCUT2D eigenvalue weighted by Crippen LogP contribution is -2.35. The van der Waals surface area contributed by atoms with Crippen molar-refractivity contribution in [3.8, 4) is 6.07 Å². The van der Waals surface area contributed by atoms with Gasteiger partial charge in [-0.1, -0.05) is 47.0 Å². The number of thioether (sulfide) groups is 1. The molecule has 5 atom stereocenters. The van der Waals surface area contributed by atoms with Crippen molar-refractivity contribution in [2.75, 3.05) is 0 Å². The van der Waals surface area contributed by atoms with Crippen LogP contribution in [0.2, 0.25) is 0 Å². The zero-order valence-electron chi connectivity index (χ0n) is 14.4. The van der Waals surface area contributed by atoms with Crippen molar-refractivity contribution in [3.63, 3.8) is 0 Å². The normalized spacial score (nSPS) is 38.0. The molecule has 0 saturated heterocycles. The van der Waals surface area contributed by atoms with E-state index in [4.69, 9.17) is 0 Å². The zero-order chi connectivity index (χ0) is 15.5. The van der Waals surface area contributed by atoms with Gasteiger partial charge in [0, 0.05) is 10.5 Å². The van der Waals surface area contributed by atoms with E-state index in [-0.39, 0.29) is 0 Å². The Morgan fingerprint density at radius 1 is 1.14 bits per heavy atom. The molecule has 21 heavy (non-hydrogen) atoms. The summed E-state index contributed by atoms with van der Waals surface area (Å²) in [6, 6.07) is 2.62. The number of hydrogen-bond acceptors (Lipinski definition) is 2. The van der Waals surface area contributed by atoms with Crippen LogP contribution in [0.4, 0.5) is 0 Å². The summed E-state index contributed by atoms with van der Waals surface area (Å²) >= 11 is 2.19. The topological polar surface area (TPSA) is 23.8 Å². The van der Waals surface area contributed by atoms with Crippen LogP contribution in [-0.4, -0.2) is 10.5 Å². The van der Waals surface area contributed by atoms with Crippen LogP contribution in [0.1, 0.15) is 79.1 Å². The van der Waals surface area contributed by atoms with Gasteiger partial charge in [0.15, 0.2) is 0 Å². The number of hydrogen-bond donors (Lipinski definition) is 0. The second kappa shape index (κ2) is 7.40. The summed E-state index contributed by atoms with van der Waals surface area (Å²) in [5.74, 6) is 2.00. The molecule has 1 nitrogen and oxygen atoms in total. The van der Waals surface area contributed by atoms with Gasteiger partial charge in [-0.15, -0.1) is 0 Å². The van der Waals surface area contributed by atoms with E-state index in [9.17, 15) is 5.26 Å². The van der Waals surface area contributed by atoms with Crippen LogP contribution in [0.5, 0.6) is 0 Å². The van der Waals surface area contributed by atoms with Crippen LogP contribution in [0, 0.1) is 34.5 Å². The van der Waals surface area contributed by atoms with Gasteiger partial charge in [-0.05, 0) is 49.4 Å². The quantitative estimate of drug-likeness (QED) is 0.632. The zero-order valence-corrected chi connectivity index (χ0v) is 15.2. The predicted octanol–water partition coefficient (Wildman–Crippen LogP) is 6.04. The van der Waals surface area contributed by atoms with Gasteiger partial charge < -0.3 is 0 Å². The second-order valence-corrected chi connectivity index (χ2v) is 9.70. The largest absolute Gasteiger partial charge is 0.198 e. The Morgan fingerprint density at radius 2 is 1.90 bits per heavy atom. The Balaban J connectivity index is 1.98. The minimum absolute atomic E-state index is 0.302. The summed E-state index contributed by atoms with van der Waals surface area (Å²) in [5.41, 5.74) is 0.444. The average molecular weight is 308 g/mol. The summed E-state index contributed by atoms with van der Waals surface area (Å²) in [6.07, 6.45) is 10.5. The van der Waals surface area contributed by atoms with Crippen LogP contribution in [0.15, 0.2) is 0 Å². The highest BCUT2D eigenvalue weighted by Gasteiger charge is 2.38. The van der Waals surface area contributed by atoms with E-state index >= 15 is 0 Å². The third-order valence-electron chi connectivity index (χ3n) is 6.23. The Bertz CT molecular complexity index is 370. The molecule has 2 aliphatic rings. The third-order valence-corrected chi connectivity index (χ3v) is 7.91. The molecule has 2 saturated carbocycles. The highest BCUT2D eigenvalue weighted by molar-refractivity contribution is 8.00. The van der Waals surface area contributed by atoms with Crippen LogP contribution in [-0.2, 0) is 0 Å². The summed E-state index contributed by atoms with van der Waals surface area (Å²) in [5, 5.41) is 10.9. The Kier molecular flexibility index (Phi) is 6.06. The maximum Gasteiger partial charge on any atom is 0.0667 e. The van der Waals surface area contributed by atoms with Crippen molar-refractivity contribution < 1.29 is 0 Å². The Hall–Kier alpha value is -0.160. The van der Waals surface area contributed by atoms with Gasteiger partial charge in [0.2, 0.25) is 0 Å². The first-order valence-electron chi connectivity index (χ1n) is 9.01. The van der Waals surface area contributed by atoms with Crippen molar-refractivity contribution in [1.29, 1.82) is 5.26 Å². The highest BCUT2D eigenvalue weighted by Crippen LogP contribution is 2.47. The first-order chi connectivity index (χ1) is 9.96. The summed E-state index contributed by atoms with van der Waals surface area (Å²) in [7, 11) is 0. The lowest BCUT2D eigenvalue weighted by atomic mass is 9.67. The molecule has 0 N–H and O–H groups in total. The second-order valence-electron chi connectivity index (χ2n) is 8.16. The first kappa shape index (κ1) is 17.2. The van der Waals surface area contributed by atoms with Gasteiger partial charge in [0.25, 0.3) is 0 Å². The fraction of sp³-hybridized carbons (Fsp3) is 0.947. The number of nitrogens with zero attached hydrogens (tertiary/aromatic N) is 1. The van der Waals surface area contributed by atoms with E-state index in [1.807, 2.05) is 0 Å². The van der Waals surface area contributed by atoms with Crippen LogP contribution in [0.25, 0.3) is 0 Å². The molecule has 2 aliphatic carbocycles. The van der Waals surface area contributed by atoms with Gasteiger partial charge in [-0.3, -0.25) is 0 Å². The lowest BCUT2D eigenvalue weighted by Gasteiger charge is -2.42. The maximum atomic E-state index is 9.53. The molecule has 2 rings (SSSR count). The summed E-state index contributed by atoms with van der Waals surface area (Å²) in [6.45, 7) is 9.57. The minimum Gasteiger partial charge on any atom is -0.198 e. The number of rotatable bonds is 4. The lowest BCUT2D eigenvalue weighted by molar-refractivity contribution is 0.143. The molecule has 0 aromatic carbocycles. The molecule has 120 valence electrons. The van der Waals surface area contributed by atoms with Crippen LogP contribution >= 0.6 is 11.8 Å². The monoisotopic (exact) mass is 307 g/mol. The summed E-state index contributed by atoms with van der Waals surface area (Å²) < 4.78 is 0. The predicted molar refractivity (Wildman–Crippen MR) is 93.3 cm³/mol. The maximum absolute atomic E-state index is 9.53. The minimum atomic E-state index is 0.302. The highest BCUT2D eigenvalue weighted by atomic mass is 32.2. The van der Waals surface area contributed by atoms with Crippen molar-refractivity contribution in [3.05, 3.63) is 0 Å². The van der Waals surface area contributed by atoms with Crippen molar-refractivity contribution in [1.82, 2.24) is 0 Å². The summed E-state index contributed by atoms with van der Waals surface area (Å²) in [4.78, 5) is 0. The average Bonchev–Trinajstić information content (AvgIpc) is 2.47. The molecule has 0 aliphatic heterocycles. The molecule has 0 heterocycles. The van der Waals surface area contributed by atoms with Crippen molar-refractivity contribution >= 4 is 11.8 Å². The smallest absolute Gasteiger partial charge is 0.0667 e. The van der Waals surface area contributed by atoms with Gasteiger partial charge >= 0.3 is 0 Å². The first-order valence-corrected chi connectivity index (χ1v) is 9.95. The SMILES string of the molecule is CCC(C)(C)C1CCC(C#N)C(SC2CCCC(C)C2)C1. The number of nitriles is 1. The molecular formula is C19H33NS. The van der Waals surface area contributed by atoms with Gasteiger partial charge in [-0.25, -0.2) is 0 Å². The molecule has 0 spiro atoms. The molecule has 0 aromatic rings. The van der Waals surface area contributed by atoms with E-state index in [1.54, 1.807) is 0 Å². The Morgan fingerprint density at radius 3 is 2.52 bits per heavy atom. The van der Waals surface area contributed by atoms with E-state index in [0.29, 0.717) is 16.6 Å². The third kappa shape index (κ3) is 4.41. The molecule has 0 bridgehead atoms. The van der Waals surface area contributed by atoms with Crippen LogP contribution < -0.4 is 0 Å². The molecular weight excluding hydrogens is 274 g/mol. The molecule has 0 radical (unpaired) electrons. The van der Waals surface area contributed by atoms with Crippen molar-refractivity contribution in [2.24, 2.45) is 23.2 Å². The van der Waals surface area contributed by atoms with Gasteiger partial charge in [0.1, 0.15) is 0 Å². The van der Waals surface area contributed by atoms with E-state index < -0.39 is 0 Å². The van der Waals surface area contributed by atoms with Gasteiger partial charge in [-0.2, -0.15) is 17.0 Å². The van der Waals surface area contributed by atoms with E-state index in [2.05, 4.69) is 45.5 Å². The molecule has 2 heteroatoms. The van der Waals surface area contributed by atoms with E-state index in [1.165, 1.54) is 44.9 Å². The molecule has 0 aromatic heterocycles. The standard InChI is InChI=1S/C19H33NS/c1-5-19(3,4)16-10-9-15(13-20)18(12-16)21-17-8-6-7-14(2)11-17/h14-18H,5-12H2,1-4H3.